The minimum Gasteiger partial charge on any atom is -0.492 e. The minimum atomic E-state index is -0.0938. The summed E-state index contributed by atoms with van der Waals surface area (Å²) < 4.78 is 7.64. The van der Waals surface area contributed by atoms with Crippen LogP contribution in [0.15, 0.2) is 45.3 Å². The molecular weight excluding hydrogens is 422 g/mol. The second-order valence-corrected chi connectivity index (χ2v) is 6.98. The van der Waals surface area contributed by atoms with Crippen molar-refractivity contribution in [2.24, 2.45) is 0 Å². The van der Waals surface area contributed by atoms with E-state index in [0.29, 0.717) is 12.2 Å². The monoisotopic (exact) mass is 435 g/mol. The Morgan fingerprint density at radius 2 is 2.00 bits per heavy atom. The molecule has 0 saturated heterocycles. The lowest BCUT2D eigenvalue weighted by atomic mass is 10.0. The van der Waals surface area contributed by atoms with Crippen molar-refractivity contribution in [3.63, 3.8) is 0 Å². The number of benzene rings is 2. The molecule has 5 heteroatoms. The third-order valence-corrected chi connectivity index (χ3v) is 4.54. The molecular formula is C18H15Br2NO2. The second kappa shape index (κ2) is 6.89. The van der Waals surface area contributed by atoms with Crippen LogP contribution in [0, 0.1) is 0 Å². The summed E-state index contributed by atoms with van der Waals surface area (Å²) in [6.07, 6.45) is 2.80. The zero-order valence-corrected chi connectivity index (χ0v) is 15.7. The highest BCUT2D eigenvalue weighted by molar-refractivity contribution is 9.11. The van der Waals surface area contributed by atoms with Gasteiger partial charge in [-0.05, 0) is 46.6 Å². The second-order valence-electron chi connectivity index (χ2n) is 5.21. The predicted molar refractivity (Wildman–Crippen MR) is 101 cm³/mol. The summed E-state index contributed by atoms with van der Waals surface area (Å²) in [5.41, 5.74) is 3.26. The summed E-state index contributed by atoms with van der Waals surface area (Å²) >= 11 is 7.04. The average Bonchev–Trinajstić information content (AvgIpc) is 2.82. The van der Waals surface area contributed by atoms with Crippen LogP contribution < -0.4 is 10.1 Å². The third-order valence-electron chi connectivity index (χ3n) is 3.50. The van der Waals surface area contributed by atoms with E-state index in [2.05, 4.69) is 44.1 Å². The van der Waals surface area contributed by atoms with Gasteiger partial charge in [-0.1, -0.05) is 41.1 Å². The Balaban J connectivity index is 2.10. The maximum atomic E-state index is 12.3. The number of amides is 1. The SMILES string of the molecule is CCCOc1c(Br)cc(Br)cc1/C=C1\C(=O)Nc2ccccc21. The molecule has 0 unspecified atom stereocenters. The Hall–Kier alpha value is -1.59. The van der Waals surface area contributed by atoms with E-state index in [0.717, 1.165) is 37.9 Å². The summed E-state index contributed by atoms with van der Waals surface area (Å²) in [5, 5.41) is 2.89. The lowest BCUT2D eigenvalue weighted by Crippen LogP contribution is -2.04. The first-order chi connectivity index (χ1) is 11.1. The zero-order valence-electron chi connectivity index (χ0n) is 12.5. The molecule has 2 aromatic rings. The number of ether oxygens (including phenoxy) is 1. The molecule has 1 aliphatic heterocycles. The summed E-state index contributed by atoms with van der Waals surface area (Å²) in [7, 11) is 0. The van der Waals surface area contributed by atoms with Gasteiger partial charge in [0.2, 0.25) is 0 Å². The molecule has 1 amide bonds. The Labute approximate surface area is 152 Å². The average molecular weight is 437 g/mol. The number of anilines is 1. The fourth-order valence-electron chi connectivity index (χ4n) is 2.48. The van der Waals surface area contributed by atoms with Crippen molar-refractivity contribution in [1.82, 2.24) is 0 Å². The van der Waals surface area contributed by atoms with Gasteiger partial charge in [0.15, 0.2) is 0 Å². The number of rotatable bonds is 4. The van der Waals surface area contributed by atoms with E-state index in [4.69, 9.17) is 4.74 Å². The van der Waals surface area contributed by atoms with Gasteiger partial charge in [0, 0.05) is 26.9 Å². The molecule has 2 aromatic carbocycles. The molecule has 1 heterocycles. The number of carbonyl (C=O) groups is 1. The first-order valence-electron chi connectivity index (χ1n) is 7.34. The highest BCUT2D eigenvalue weighted by Gasteiger charge is 2.24. The van der Waals surface area contributed by atoms with E-state index in [1.807, 2.05) is 42.5 Å². The van der Waals surface area contributed by atoms with E-state index in [9.17, 15) is 4.79 Å². The lowest BCUT2D eigenvalue weighted by molar-refractivity contribution is -0.110. The van der Waals surface area contributed by atoms with Crippen LogP contribution in [0.2, 0.25) is 0 Å². The van der Waals surface area contributed by atoms with Gasteiger partial charge in [-0.15, -0.1) is 0 Å². The smallest absolute Gasteiger partial charge is 0.256 e. The highest BCUT2D eigenvalue weighted by Crippen LogP contribution is 2.38. The van der Waals surface area contributed by atoms with Gasteiger partial charge < -0.3 is 10.1 Å². The number of hydrogen-bond acceptors (Lipinski definition) is 2. The van der Waals surface area contributed by atoms with Gasteiger partial charge in [-0.25, -0.2) is 0 Å². The Morgan fingerprint density at radius 1 is 1.22 bits per heavy atom. The van der Waals surface area contributed by atoms with Crippen LogP contribution in [-0.4, -0.2) is 12.5 Å². The van der Waals surface area contributed by atoms with Crippen LogP contribution in [0.3, 0.4) is 0 Å². The first-order valence-corrected chi connectivity index (χ1v) is 8.93. The van der Waals surface area contributed by atoms with E-state index in [1.54, 1.807) is 0 Å². The Kier molecular flexibility index (Phi) is 4.87. The maximum absolute atomic E-state index is 12.3. The van der Waals surface area contributed by atoms with Gasteiger partial charge >= 0.3 is 0 Å². The molecule has 3 rings (SSSR count). The molecule has 0 aromatic heterocycles. The molecule has 118 valence electrons. The molecule has 0 saturated carbocycles. The van der Waals surface area contributed by atoms with Crippen molar-refractivity contribution < 1.29 is 9.53 Å². The van der Waals surface area contributed by atoms with Gasteiger partial charge in [0.05, 0.1) is 11.1 Å². The molecule has 0 bridgehead atoms. The molecule has 3 nitrogen and oxygen atoms in total. The summed E-state index contributed by atoms with van der Waals surface area (Å²) in [4.78, 5) is 12.3. The highest BCUT2D eigenvalue weighted by atomic mass is 79.9. The fourth-order valence-corrected chi connectivity index (χ4v) is 3.85. The van der Waals surface area contributed by atoms with Crippen LogP contribution >= 0.6 is 31.9 Å². The first kappa shape index (κ1) is 16.3. The number of para-hydroxylation sites is 1. The molecule has 0 aliphatic carbocycles. The number of carbonyl (C=O) groups excluding carboxylic acids is 1. The fraction of sp³-hybridized carbons (Fsp3) is 0.167. The maximum Gasteiger partial charge on any atom is 0.256 e. The van der Waals surface area contributed by atoms with Gasteiger partial charge in [-0.3, -0.25) is 4.79 Å². The molecule has 23 heavy (non-hydrogen) atoms. The van der Waals surface area contributed by atoms with Gasteiger partial charge in [0.1, 0.15) is 5.75 Å². The van der Waals surface area contributed by atoms with E-state index in [-0.39, 0.29) is 5.91 Å². The third kappa shape index (κ3) is 3.35. The lowest BCUT2D eigenvalue weighted by Gasteiger charge is -2.12. The summed E-state index contributed by atoms with van der Waals surface area (Å²) in [5.74, 6) is 0.656. The van der Waals surface area contributed by atoms with Crippen molar-refractivity contribution in [2.75, 3.05) is 11.9 Å². The minimum absolute atomic E-state index is 0.0938. The molecule has 0 spiro atoms. The van der Waals surface area contributed by atoms with Crippen molar-refractivity contribution >= 4 is 55.1 Å². The van der Waals surface area contributed by atoms with Crippen LogP contribution in [-0.2, 0) is 4.79 Å². The Morgan fingerprint density at radius 3 is 2.78 bits per heavy atom. The van der Waals surface area contributed by atoms with Gasteiger partial charge in [0.25, 0.3) is 5.91 Å². The van der Waals surface area contributed by atoms with Crippen molar-refractivity contribution in [3.05, 3.63) is 56.5 Å². The Bertz CT molecular complexity index is 800. The standard InChI is InChI=1S/C18H15Br2NO2/c1-2-7-23-17-11(8-12(19)10-15(17)20)9-14-13-5-3-4-6-16(13)21-18(14)22/h3-6,8-10H,2,7H2,1H3,(H,21,22)/b14-9-. The number of fused-ring (bicyclic) bond motifs is 1. The molecule has 0 atom stereocenters. The summed E-state index contributed by atoms with van der Waals surface area (Å²) in [6, 6.07) is 11.6. The van der Waals surface area contributed by atoms with E-state index < -0.39 is 0 Å². The molecule has 1 aliphatic rings. The van der Waals surface area contributed by atoms with Crippen LogP contribution in [0.5, 0.6) is 5.75 Å². The quantitative estimate of drug-likeness (QED) is 0.643. The topological polar surface area (TPSA) is 38.3 Å². The largest absolute Gasteiger partial charge is 0.492 e. The van der Waals surface area contributed by atoms with E-state index in [1.165, 1.54) is 0 Å². The number of hydrogen-bond donors (Lipinski definition) is 1. The summed E-state index contributed by atoms with van der Waals surface area (Å²) in [6.45, 7) is 2.69. The van der Waals surface area contributed by atoms with E-state index >= 15 is 0 Å². The molecule has 0 radical (unpaired) electrons. The van der Waals surface area contributed by atoms with Crippen LogP contribution in [0.1, 0.15) is 24.5 Å². The number of halogens is 2. The van der Waals surface area contributed by atoms with Crippen molar-refractivity contribution in [1.29, 1.82) is 0 Å². The normalized spacial score (nSPS) is 14.7. The zero-order chi connectivity index (χ0) is 16.4. The van der Waals surface area contributed by atoms with Crippen LogP contribution in [0.4, 0.5) is 5.69 Å². The molecule has 1 N–H and O–H groups in total. The van der Waals surface area contributed by atoms with Gasteiger partial charge in [-0.2, -0.15) is 0 Å². The molecule has 0 fully saturated rings. The van der Waals surface area contributed by atoms with Crippen molar-refractivity contribution in [2.45, 2.75) is 13.3 Å². The van der Waals surface area contributed by atoms with Crippen LogP contribution in [0.25, 0.3) is 11.6 Å². The number of nitrogens with one attached hydrogen (secondary N) is 1. The van der Waals surface area contributed by atoms with Crippen molar-refractivity contribution in [3.8, 4) is 5.75 Å². The predicted octanol–water partition coefficient (Wildman–Crippen LogP) is 5.49.